The minimum Gasteiger partial charge on any atom is -0.392 e. The highest BCUT2D eigenvalue weighted by molar-refractivity contribution is 5.97. The number of amidine groups is 1. The summed E-state index contributed by atoms with van der Waals surface area (Å²) in [4.78, 5) is 7.76. The number of hydrogen-bond donors (Lipinski definition) is 2. The van der Waals surface area contributed by atoms with Crippen molar-refractivity contribution in [3.8, 4) is 0 Å². The fourth-order valence-corrected chi connectivity index (χ4v) is 2.97. The lowest BCUT2D eigenvalue weighted by Crippen LogP contribution is -2.29. The van der Waals surface area contributed by atoms with E-state index in [4.69, 9.17) is 15.7 Å². The zero-order valence-corrected chi connectivity index (χ0v) is 14.4. The molecule has 3 rings (SSSR count). The quantitative estimate of drug-likeness (QED) is 0.482. The first kappa shape index (κ1) is 17.3. The van der Waals surface area contributed by atoms with Gasteiger partial charge in [-0.05, 0) is 54.7 Å². The molecule has 0 saturated carbocycles. The molecule has 1 aliphatic heterocycles. The molecule has 0 spiro atoms. The van der Waals surface area contributed by atoms with Gasteiger partial charge in [0.05, 0.1) is 6.61 Å². The number of rotatable bonds is 6. The van der Waals surface area contributed by atoms with Crippen LogP contribution >= 0.6 is 0 Å². The molecule has 5 heteroatoms. The zero-order valence-electron chi connectivity index (χ0n) is 14.4. The van der Waals surface area contributed by atoms with Gasteiger partial charge in [-0.2, -0.15) is 0 Å². The smallest absolute Gasteiger partial charge is 0.170 e. The topological polar surface area (TPSA) is 71.1 Å². The molecule has 2 aromatic carbocycles. The van der Waals surface area contributed by atoms with Crippen LogP contribution in [0, 0.1) is 0 Å². The van der Waals surface area contributed by atoms with E-state index in [1.807, 2.05) is 36.4 Å². The van der Waals surface area contributed by atoms with E-state index in [2.05, 4.69) is 22.2 Å². The van der Waals surface area contributed by atoms with E-state index in [0.29, 0.717) is 12.4 Å². The van der Waals surface area contributed by atoms with Crippen molar-refractivity contribution in [3.63, 3.8) is 0 Å². The van der Waals surface area contributed by atoms with Gasteiger partial charge in [-0.1, -0.05) is 29.4 Å². The Balaban J connectivity index is 1.55. The first-order chi connectivity index (χ1) is 12.3. The number of aliphatic hydroxyl groups is 1. The van der Waals surface area contributed by atoms with Crippen molar-refractivity contribution in [1.29, 1.82) is 0 Å². The number of anilines is 1. The molecule has 0 amide bonds. The Kier molecular flexibility index (Phi) is 5.90. The Morgan fingerprint density at radius 2 is 1.60 bits per heavy atom. The maximum absolute atomic E-state index is 9.03. The minimum absolute atomic E-state index is 0.0413. The molecule has 1 heterocycles. The van der Waals surface area contributed by atoms with Crippen molar-refractivity contribution in [3.05, 3.63) is 65.2 Å². The molecule has 1 aliphatic rings. The summed E-state index contributed by atoms with van der Waals surface area (Å²) in [7, 11) is 0. The zero-order chi connectivity index (χ0) is 17.5. The second-order valence-electron chi connectivity index (χ2n) is 6.32. The highest BCUT2D eigenvalue weighted by Crippen LogP contribution is 2.20. The van der Waals surface area contributed by atoms with Gasteiger partial charge in [0.15, 0.2) is 5.84 Å². The monoisotopic (exact) mass is 339 g/mol. The number of aliphatic hydroxyl groups excluding tert-OH is 1. The van der Waals surface area contributed by atoms with Gasteiger partial charge in [0, 0.05) is 24.3 Å². The van der Waals surface area contributed by atoms with Gasteiger partial charge in [0.25, 0.3) is 0 Å². The molecular weight excluding hydrogens is 314 g/mol. The highest BCUT2D eigenvalue weighted by atomic mass is 16.6. The van der Waals surface area contributed by atoms with Crippen LogP contribution < -0.4 is 10.6 Å². The number of piperidine rings is 1. The number of nitrogens with two attached hydrogens (primary N) is 1. The van der Waals surface area contributed by atoms with Gasteiger partial charge in [-0.15, -0.1) is 0 Å². The van der Waals surface area contributed by atoms with Crippen molar-refractivity contribution in [1.82, 2.24) is 0 Å². The average Bonchev–Trinajstić information content (AvgIpc) is 2.69. The van der Waals surface area contributed by atoms with Crippen molar-refractivity contribution < 1.29 is 9.94 Å². The summed E-state index contributed by atoms with van der Waals surface area (Å²) in [5.41, 5.74) is 9.96. The van der Waals surface area contributed by atoms with Crippen LogP contribution in [0.3, 0.4) is 0 Å². The standard InChI is InChI=1S/C20H25N3O2/c21-20(22-25-15-17-6-4-16(14-24)5-7-17)18-8-10-19(11-9-18)23-12-2-1-3-13-23/h4-11,24H,1-3,12-15H2,(H2,21,22). The first-order valence-corrected chi connectivity index (χ1v) is 8.76. The van der Waals surface area contributed by atoms with E-state index < -0.39 is 0 Å². The fraction of sp³-hybridized carbons (Fsp3) is 0.350. The molecule has 0 atom stereocenters. The van der Waals surface area contributed by atoms with E-state index in [1.54, 1.807) is 0 Å². The molecule has 0 aliphatic carbocycles. The van der Waals surface area contributed by atoms with Crippen LogP contribution in [0.1, 0.15) is 36.0 Å². The third kappa shape index (κ3) is 4.73. The predicted molar refractivity (Wildman–Crippen MR) is 100 cm³/mol. The minimum atomic E-state index is 0.0413. The SMILES string of the molecule is N/C(=N/OCc1ccc(CO)cc1)c1ccc(N2CCCCC2)cc1. The lowest BCUT2D eigenvalue weighted by molar-refractivity contribution is 0.130. The molecule has 0 radical (unpaired) electrons. The molecule has 2 aromatic rings. The maximum Gasteiger partial charge on any atom is 0.170 e. The third-order valence-electron chi connectivity index (χ3n) is 4.48. The van der Waals surface area contributed by atoms with Gasteiger partial charge >= 0.3 is 0 Å². The van der Waals surface area contributed by atoms with Crippen molar-refractivity contribution >= 4 is 11.5 Å². The summed E-state index contributed by atoms with van der Waals surface area (Å²) in [5, 5.41) is 13.0. The molecule has 132 valence electrons. The molecule has 25 heavy (non-hydrogen) atoms. The lowest BCUT2D eigenvalue weighted by Gasteiger charge is -2.28. The lowest BCUT2D eigenvalue weighted by atomic mass is 10.1. The van der Waals surface area contributed by atoms with Gasteiger partial charge in [0.2, 0.25) is 0 Å². The number of nitrogens with zero attached hydrogens (tertiary/aromatic N) is 2. The largest absolute Gasteiger partial charge is 0.392 e. The van der Waals surface area contributed by atoms with Crippen molar-refractivity contribution in [2.45, 2.75) is 32.5 Å². The molecule has 0 bridgehead atoms. The molecule has 0 aromatic heterocycles. The van der Waals surface area contributed by atoms with E-state index in [-0.39, 0.29) is 6.61 Å². The number of benzene rings is 2. The summed E-state index contributed by atoms with van der Waals surface area (Å²) in [5.74, 6) is 0.372. The fourth-order valence-electron chi connectivity index (χ4n) is 2.97. The molecule has 1 fully saturated rings. The summed E-state index contributed by atoms with van der Waals surface area (Å²) < 4.78 is 0. The Morgan fingerprint density at radius 3 is 2.24 bits per heavy atom. The first-order valence-electron chi connectivity index (χ1n) is 8.76. The van der Waals surface area contributed by atoms with Crippen molar-refractivity contribution in [2.75, 3.05) is 18.0 Å². The second kappa shape index (κ2) is 8.53. The van der Waals surface area contributed by atoms with Crippen LogP contribution in [-0.2, 0) is 18.1 Å². The van der Waals surface area contributed by atoms with Crippen LogP contribution in [0.4, 0.5) is 5.69 Å². The van der Waals surface area contributed by atoms with Crippen molar-refractivity contribution in [2.24, 2.45) is 10.9 Å². The summed E-state index contributed by atoms with van der Waals surface area (Å²) in [6, 6.07) is 15.7. The van der Waals surface area contributed by atoms with Crippen LogP contribution in [-0.4, -0.2) is 24.0 Å². The van der Waals surface area contributed by atoms with E-state index in [0.717, 1.165) is 29.8 Å². The van der Waals surface area contributed by atoms with Crippen LogP contribution in [0.5, 0.6) is 0 Å². The highest BCUT2D eigenvalue weighted by Gasteiger charge is 2.11. The van der Waals surface area contributed by atoms with Crippen LogP contribution in [0.25, 0.3) is 0 Å². The average molecular weight is 339 g/mol. The summed E-state index contributed by atoms with van der Waals surface area (Å²) >= 11 is 0. The molecule has 1 saturated heterocycles. The molecule has 3 N–H and O–H groups in total. The second-order valence-corrected chi connectivity index (χ2v) is 6.32. The maximum atomic E-state index is 9.03. The van der Waals surface area contributed by atoms with Crippen LogP contribution in [0.2, 0.25) is 0 Å². The normalized spacial score (nSPS) is 15.2. The Morgan fingerprint density at radius 1 is 0.960 bits per heavy atom. The third-order valence-corrected chi connectivity index (χ3v) is 4.48. The predicted octanol–water partition coefficient (Wildman–Crippen LogP) is 3.01. The van der Waals surface area contributed by atoms with E-state index >= 15 is 0 Å². The molecular formula is C20H25N3O2. The molecule has 5 nitrogen and oxygen atoms in total. The number of oxime groups is 1. The van der Waals surface area contributed by atoms with E-state index in [1.165, 1.54) is 24.9 Å². The Bertz CT molecular complexity index is 690. The molecule has 0 unspecified atom stereocenters. The van der Waals surface area contributed by atoms with Gasteiger partial charge in [-0.3, -0.25) is 0 Å². The van der Waals surface area contributed by atoms with E-state index in [9.17, 15) is 0 Å². The van der Waals surface area contributed by atoms with Crippen LogP contribution in [0.15, 0.2) is 53.7 Å². The summed E-state index contributed by atoms with van der Waals surface area (Å²) in [6.07, 6.45) is 3.85. The number of hydrogen-bond acceptors (Lipinski definition) is 4. The van der Waals surface area contributed by atoms with Gasteiger partial charge in [0.1, 0.15) is 6.61 Å². The van der Waals surface area contributed by atoms with Gasteiger partial charge < -0.3 is 20.6 Å². The van der Waals surface area contributed by atoms with Gasteiger partial charge in [-0.25, -0.2) is 0 Å². The summed E-state index contributed by atoms with van der Waals surface area (Å²) in [6.45, 7) is 2.64. The Hall–Kier alpha value is -2.53. The Labute approximate surface area is 148 Å².